The van der Waals surface area contributed by atoms with Crippen LogP contribution in [0.2, 0.25) is 5.02 Å². The van der Waals surface area contributed by atoms with Crippen molar-refractivity contribution >= 4 is 40.9 Å². The predicted octanol–water partition coefficient (Wildman–Crippen LogP) is 4.22. The van der Waals surface area contributed by atoms with Gasteiger partial charge in [-0.1, -0.05) is 41.4 Å². The largest absolute Gasteiger partial charge is 0.478 e. The smallest absolute Gasteiger partial charge is 0.335 e. The Kier molecular flexibility index (Phi) is 6.07. The molecule has 1 amide bonds. The van der Waals surface area contributed by atoms with E-state index in [4.69, 9.17) is 16.7 Å². The van der Waals surface area contributed by atoms with Crippen molar-refractivity contribution in [2.45, 2.75) is 12.7 Å². The molecule has 0 saturated carbocycles. The first-order valence-electron chi connectivity index (χ1n) is 6.91. The number of carboxylic acid groups (broad SMARTS) is 1. The van der Waals surface area contributed by atoms with E-state index in [-0.39, 0.29) is 17.2 Å². The molecule has 0 heterocycles. The molecule has 2 aromatic rings. The van der Waals surface area contributed by atoms with Gasteiger partial charge in [0.1, 0.15) is 0 Å². The zero-order valence-electron chi connectivity index (χ0n) is 12.5. The molecular formula is C17H16ClNO3S. The van der Waals surface area contributed by atoms with E-state index in [9.17, 15) is 9.59 Å². The van der Waals surface area contributed by atoms with Crippen molar-refractivity contribution in [3.05, 3.63) is 64.2 Å². The highest BCUT2D eigenvalue weighted by Crippen LogP contribution is 2.23. The highest BCUT2D eigenvalue weighted by atomic mass is 35.5. The van der Waals surface area contributed by atoms with E-state index < -0.39 is 5.97 Å². The van der Waals surface area contributed by atoms with Crippen molar-refractivity contribution in [1.29, 1.82) is 0 Å². The normalized spacial score (nSPS) is 10.3. The Morgan fingerprint density at radius 2 is 1.87 bits per heavy atom. The number of aromatic carboxylic acids is 1. The fourth-order valence-electron chi connectivity index (χ4n) is 1.89. The number of rotatable bonds is 6. The third-order valence-electron chi connectivity index (χ3n) is 3.11. The summed E-state index contributed by atoms with van der Waals surface area (Å²) in [6, 6.07) is 12.3. The standard InChI is InChI=1S/C17H16ClNO3S/c1-11-2-4-12(5-3-11)9-23-10-16(20)19-15-8-13(17(21)22)6-7-14(15)18/h2-8H,9-10H2,1H3,(H,19,20)(H,21,22). The van der Waals surface area contributed by atoms with Gasteiger partial charge in [0.15, 0.2) is 0 Å². The number of carbonyl (C=O) groups excluding carboxylic acids is 1. The third-order valence-corrected chi connectivity index (χ3v) is 4.44. The highest BCUT2D eigenvalue weighted by Gasteiger charge is 2.10. The number of amides is 1. The lowest BCUT2D eigenvalue weighted by atomic mass is 10.2. The minimum Gasteiger partial charge on any atom is -0.478 e. The van der Waals surface area contributed by atoms with Crippen LogP contribution in [-0.2, 0) is 10.5 Å². The van der Waals surface area contributed by atoms with Gasteiger partial charge < -0.3 is 10.4 Å². The lowest BCUT2D eigenvalue weighted by Crippen LogP contribution is -2.15. The summed E-state index contributed by atoms with van der Waals surface area (Å²) in [6.45, 7) is 2.03. The molecule has 0 aliphatic rings. The summed E-state index contributed by atoms with van der Waals surface area (Å²) in [7, 11) is 0. The molecule has 0 atom stereocenters. The second-order valence-electron chi connectivity index (χ2n) is 5.03. The first kappa shape index (κ1) is 17.4. The van der Waals surface area contributed by atoms with Gasteiger partial charge in [0.25, 0.3) is 0 Å². The van der Waals surface area contributed by atoms with Crippen LogP contribution in [0, 0.1) is 6.92 Å². The van der Waals surface area contributed by atoms with Crippen LogP contribution in [0.4, 0.5) is 5.69 Å². The molecule has 0 spiro atoms. The van der Waals surface area contributed by atoms with Gasteiger partial charge in [0.2, 0.25) is 5.91 Å². The van der Waals surface area contributed by atoms with E-state index in [1.807, 2.05) is 31.2 Å². The van der Waals surface area contributed by atoms with Crippen LogP contribution in [0.1, 0.15) is 21.5 Å². The van der Waals surface area contributed by atoms with Crippen LogP contribution in [0.3, 0.4) is 0 Å². The van der Waals surface area contributed by atoms with Gasteiger partial charge in [0.05, 0.1) is 22.0 Å². The van der Waals surface area contributed by atoms with Gasteiger partial charge in [-0.15, -0.1) is 11.8 Å². The Labute approximate surface area is 143 Å². The maximum absolute atomic E-state index is 12.0. The topological polar surface area (TPSA) is 66.4 Å². The SMILES string of the molecule is Cc1ccc(CSCC(=O)Nc2cc(C(=O)O)ccc2Cl)cc1. The van der Waals surface area contributed by atoms with Gasteiger partial charge in [-0.3, -0.25) is 4.79 Å². The molecule has 0 unspecified atom stereocenters. The molecule has 0 bridgehead atoms. The molecule has 120 valence electrons. The van der Waals surface area contributed by atoms with E-state index in [2.05, 4.69) is 5.32 Å². The van der Waals surface area contributed by atoms with Crippen LogP contribution in [-0.4, -0.2) is 22.7 Å². The van der Waals surface area contributed by atoms with Crippen LogP contribution < -0.4 is 5.32 Å². The fraction of sp³-hybridized carbons (Fsp3) is 0.176. The average molecular weight is 350 g/mol. The quantitative estimate of drug-likeness (QED) is 0.819. The molecule has 2 N–H and O–H groups in total. The van der Waals surface area contributed by atoms with E-state index in [0.717, 1.165) is 11.3 Å². The molecule has 0 aliphatic carbocycles. The Morgan fingerprint density at radius 3 is 2.52 bits per heavy atom. The third kappa shape index (κ3) is 5.30. The number of carboxylic acids is 1. The Hall–Kier alpha value is -1.98. The number of aryl methyl sites for hydroxylation is 1. The second kappa shape index (κ2) is 8.04. The molecule has 0 radical (unpaired) electrons. The van der Waals surface area contributed by atoms with Gasteiger partial charge in [-0.25, -0.2) is 4.79 Å². The average Bonchev–Trinajstić information content (AvgIpc) is 2.51. The first-order chi connectivity index (χ1) is 11.0. The molecule has 0 aliphatic heterocycles. The number of hydrogen-bond donors (Lipinski definition) is 2. The molecule has 2 aromatic carbocycles. The molecule has 0 fully saturated rings. The van der Waals surface area contributed by atoms with E-state index in [1.54, 1.807) is 0 Å². The minimum absolute atomic E-state index is 0.0806. The number of halogens is 1. The second-order valence-corrected chi connectivity index (χ2v) is 6.42. The van der Waals surface area contributed by atoms with Crippen LogP contribution in [0.5, 0.6) is 0 Å². The predicted molar refractivity (Wildman–Crippen MR) is 94.4 cm³/mol. The molecule has 0 saturated heterocycles. The molecule has 4 nitrogen and oxygen atoms in total. The summed E-state index contributed by atoms with van der Waals surface area (Å²) in [5.74, 6) is -0.282. The van der Waals surface area contributed by atoms with Crippen LogP contribution >= 0.6 is 23.4 Å². The molecule has 2 rings (SSSR count). The van der Waals surface area contributed by atoms with Crippen molar-refractivity contribution < 1.29 is 14.7 Å². The summed E-state index contributed by atoms with van der Waals surface area (Å²) in [6.07, 6.45) is 0. The number of thioether (sulfide) groups is 1. The minimum atomic E-state index is -1.06. The molecule has 6 heteroatoms. The molecule has 0 aromatic heterocycles. The maximum Gasteiger partial charge on any atom is 0.335 e. The van der Waals surface area contributed by atoms with E-state index >= 15 is 0 Å². The number of hydrogen-bond acceptors (Lipinski definition) is 3. The van der Waals surface area contributed by atoms with E-state index in [1.165, 1.54) is 35.5 Å². The number of benzene rings is 2. The monoisotopic (exact) mass is 349 g/mol. The molecular weight excluding hydrogens is 334 g/mol. The fourth-order valence-corrected chi connectivity index (χ4v) is 2.84. The number of nitrogens with one attached hydrogen (secondary N) is 1. The summed E-state index contributed by atoms with van der Waals surface area (Å²) in [5.41, 5.74) is 2.74. The number of anilines is 1. The van der Waals surface area contributed by atoms with Crippen molar-refractivity contribution in [1.82, 2.24) is 0 Å². The highest BCUT2D eigenvalue weighted by molar-refractivity contribution is 7.99. The zero-order chi connectivity index (χ0) is 16.8. The van der Waals surface area contributed by atoms with Crippen molar-refractivity contribution in [3.8, 4) is 0 Å². The van der Waals surface area contributed by atoms with Gasteiger partial charge in [0, 0.05) is 5.75 Å². The summed E-state index contributed by atoms with van der Waals surface area (Å²) in [5, 5.41) is 11.9. The Bertz CT molecular complexity index is 716. The van der Waals surface area contributed by atoms with Crippen LogP contribution in [0.15, 0.2) is 42.5 Å². The van der Waals surface area contributed by atoms with Gasteiger partial charge >= 0.3 is 5.97 Å². The lowest BCUT2D eigenvalue weighted by Gasteiger charge is -2.08. The summed E-state index contributed by atoms with van der Waals surface area (Å²) < 4.78 is 0. The van der Waals surface area contributed by atoms with E-state index in [0.29, 0.717) is 10.7 Å². The molecule has 23 heavy (non-hydrogen) atoms. The first-order valence-corrected chi connectivity index (χ1v) is 8.45. The summed E-state index contributed by atoms with van der Waals surface area (Å²) >= 11 is 7.46. The summed E-state index contributed by atoms with van der Waals surface area (Å²) in [4.78, 5) is 22.9. The van der Waals surface area contributed by atoms with Crippen molar-refractivity contribution in [2.24, 2.45) is 0 Å². The van der Waals surface area contributed by atoms with Gasteiger partial charge in [-0.05, 0) is 30.7 Å². The van der Waals surface area contributed by atoms with Crippen molar-refractivity contribution in [2.75, 3.05) is 11.1 Å². The Balaban J connectivity index is 1.88. The zero-order valence-corrected chi connectivity index (χ0v) is 14.1. The number of carbonyl (C=O) groups is 2. The van der Waals surface area contributed by atoms with Crippen molar-refractivity contribution in [3.63, 3.8) is 0 Å². The lowest BCUT2D eigenvalue weighted by molar-refractivity contribution is -0.113. The van der Waals surface area contributed by atoms with Crippen LogP contribution in [0.25, 0.3) is 0 Å². The maximum atomic E-state index is 12.0. The van der Waals surface area contributed by atoms with Gasteiger partial charge in [-0.2, -0.15) is 0 Å². The Morgan fingerprint density at radius 1 is 1.17 bits per heavy atom.